The van der Waals surface area contributed by atoms with Gasteiger partial charge in [-0.05, 0) is 18.6 Å². The molecule has 0 fully saturated rings. The predicted molar refractivity (Wildman–Crippen MR) is 83.3 cm³/mol. The second-order valence-electron chi connectivity index (χ2n) is 4.09. The van der Waals surface area contributed by atoms with E-state index < -0.39 is 0 Å². The van der Waals surface area contributed by atoms with Gasteiger partial charge in [0.2, 0.25) is 5.91 Å². The van der Waals surface area contributed by atoms with Gasteiger partial charge in [0, 0.05) is 24.0 Å². The Hall–Kier alpha value is -0.420. The number of hydrogen-bond acceptors (Lipinski definition) is 3. The third-order valence-electron chi connectivity index (χ3n) is 2.49. The molecule has 6 heteroatoms. The number of anilines is 1. The lowest BCUT2D eigenvalue weighted by molar-refractivity contribution is -0.115. The topological polar surface area (TPSA) is 49.3 Å². The molecule has 0 saturated carbocycles. The Morgan fingerprint density at radius 2 is 2.05 bits per heavy atom. The van der Waals surface area contributed by atoms with Gasteiger partial charge in [-0.2, -0.15) is 11.8 Å². The van der Waals surface area contributed by atoms with E-state index in [1.807, 2.05) is 6.92 Å². The Bertz CT molecular complexity index is 409. The largest absolute Gasteiger partial charge is 0.396 e. The van der Waals surface area contributed by atoms with Crippen molar-refractivity contribution >= 4 is 46.6 Å². The van der Waals surface area contributed by atoms with Crippen LogP contribution in [-0.4, -0.2) is 28.6 Å². The summed E-state index contributed by atoms with van der Waals surface area (Å²) in [5.74, 6) is 0.591. The molecule has 0 heterocycles. The third-order valence-corrected chi connectivity index (χ3v) is 4.37. The predicted octanol–water partition coefficient (Wildman–Crippen LogP) is 3.83. The quantitative estimate of drug-likeness (QED) is 0.802. The van der Waals surface area contributed by atoms with Crippen LogP contribution < -0.4 is 5.32 Å². The summed E-state index contributed by atoms with van der Waals surface area (Å²) in [6.45, 7) is 2.21. The van der Waals surface area contributed by atoms with Gasteiger partial charge in [0.15, 0.2) is 0 Å². The van der Waals surface area contributed by atoms with E-state index in [4.69, 9.17) is 28.3 Å². The first-order chi connectivity index (χ1) is 9.04. The number of carbonyl (C=O) groups is 1. The van der Waals surface area contributed by atoms with Crippen molar-refractivity contribution in [2.45, 2.75) is 25.0 Å². The van der Waals surface area contributed by atoms with Crippen LogP contribution in [0.4, 0.5) is 5.69 Å². The average Bonchev–Trinajstić information content (AvgIpc) is 2.34. The summed E-state index contributed by atoms with van der Waals surface area (Å²) in [5, 5.41) is 12.7. The van der Waals surface area contributed by atoms with Crippen LogP contribution in [0.2, 0.25) is 10.0 Å². The van der Waals surface area contributed by atoms with E-state index in [9.17, 15) is 4.79 Å². The summed E-state index contributed by atoms with van der Waals surface area (Å²) in [6.07, 6.45) is 1.13. The minimum Gasteiger partial charge on any atom is -0.396 e. The maximum atomic E-state index is 11.8. The molecule has 0 saturated heterocycles. The fourth-order valence-corrected chi connectivity index (χ4v) is 2.91. The minimum absolute atomic E-state index is 0.112. The molecule has 0 aliphatic heterocycles. The van der Waals surface area contributed by atoms with Crippen molar-refractivity contribution in [3.63, 3.8) is 0 Å². The number of para-hydroxylation sites is 1. The van der Waals surface area contributed by atoms with Gasteiger partial charge < -0.3 is 10.4 Å². The molecule has 0 aliphatic rings. The molecule has 0 aliphatic carbocycles. The number of halogens is 2. The van der Waals surface area contributed by atoms with Gasteiger partial charge in [0.25, 0.3) is 0 Å². The van der Waals surface area contributed by atoms with Gasteiger partial charge in [-0.15, -0.1) is 0 Å². The van der Waals surface area contributed by atoms with E-state index in [0.29, 0.717) is 33.2 Å². The first-order valence-electron chi connectivity index (χ1n) is 6.01. The molecule has 106 valence electrons. The molecule has 1 amide bonds. The minimum atomic E-state index is -0.112. The van der Waals surface area contributed by atoms with Crippen molar-refractivity contribution in [3.8, 4) is 0 Å². The molecule has 1 unspecified atom stereocenters. The molecule has 19 heavy (non-hydrogen) atoms. The van der Waals surface area contributed by atoms with Crippen LogP contribution in [0.5, 0.6) is 0 Å². The van der Waals surface area contributed by atoms with Crippen molar-refractivity contribution in [3.05, 3.63) is 28.2 Å². The molecular formula is C13H17Cl2NO2S. The number of aliphatic hydroxyl groups is 1. The second-order valence-corrected chi connectivity index (χ2v) is 6.45. The maximum Gasteiger partial charge on any atom is 0.225 e. The fourth-order valence-electron chi connectivity index (χ4n) is 1.44. The molecule has 3 nitrogen and oxygen atoms in total. The zero-order valence-electron chi connectivity index (χ0n) is 10.7. The van der Waals surface area contributed by atoms with Crippen LogP contribution in [0.1, 0.15) is 19.8 Å². The molecule has 0 bridgehead atoms. The van der Waals surface area contributed by atoms with E-state index in [1.165, 1.54) is 0 Å². The fraction of sp³-hybridized carbons (Fsp3) is 0.462. The third kappa shape index (κ3) is 6.04. The first kappa shape index (κ1) is 16.6. The van der Waals surface area contributed by atoms with Crippen LogP contribution in [0, 0.1) is 0 Å². The molecule has 0 aromatic heterocycles. The number of rotatable bonds is 7. The molecule has 2 N–H and O–H groups in total. The Balaban J connectivity index is 2.39. The molecule has 1 aromatic rings. The molecule has 1 aromatic carbocycles. The van der Waals surface area contributed by atoms with Crippen molar-refractivity contribution < 1.29 is 9.90 Å². The van der Waals surface area contributed by atoms with Gasteiger partial charge in [0.05, 0.1) is 15.7 Å². The van der Waals surface area contributed by atoms with Gasteiger partial charge in [-0.3, -0.25) is 4.79 Å². The number of hydrogen-bond donors (Lipinski definition) is 2. The lowest BCUT2D eigenvalue weighted by atomic mass is 10.3. The summed E-state index contributed by atoms with van der Waals surface area (Å²) in [6, 6.07) is 5.09. The first-order valence-corrected chi connectivity index (χ1v) is 7.81. The highest BCUT2D eigenvalue weighted by atomic mass is 35.5. The highest BCUT2D eigenvalue weighted by Crippen LogP contribution is 2.29. The Labute approximate surface area is 127 Å². The highest BCUT2D eigenvalue weighted by molar-refractivity contribution is 7.99. The molecule has 1 rings (SSSR count). The number of aliphatic hydroxyl groups excluding tert-OH is 1. The molecule has 0 spiro atoms. The van der Waals surface area contributed by atoms with Gasteiger partial charge in [-0.1, -0.05) is 36.2 Å². The van der Waals surface area contributed by atoms with Crippen molar-refractivity contribution in [2.24, 2.45) is 0 Å². The normalized spacial score (nSPS) is 12.2. The van der Waals surface area contributed by atoms with Crippen LogP contribution >= 0.6 is 35.0 Å². The van der Waals surface area contributed by atoms with Gasteiger partial charge in [0.1, 0.15) is 0 Å². The Morgan fingerprint density at radius 3 is 2.63 bits per heavy atom. The lowest BCUT2D eigenvalue weighted by Gasteiger charge is -2.11. The monoisotopic (exact) mass is 321 g/mol. The number of benzene rings is 1. The number of carbonyl (C=O) groups excluding carboxylic acids is 1. The van der Waals surface area contributed by atoms with Crippen LogP contribution in [0.25, 0.3) is 0 Å². The molecule has 1 atom stereocenters. The SMILES string of the molecule is CC(CCO)SCCC(=O)Nc1c(Cl)cccc1Cl. The van der Waals surface area contributed by atoms with E-state index in [2.05, 4.69) is 5.32 Å². The number of amides is 1. The van der Waals surface area contributed by atoms with Crippen LogP contribution in [0.15, 0.2) is 18.2 Å². The van der Waals surface area contributed by atoms with E-state index in [1.54, 1.807) is 30.0 Å². The van der Waals surface area contributed by atoms with E-state index in [0.717, 1.165) is 6.42 Å². The summed E-state index contributed by atoms with van der Waals surface area (Å²) in [5.41, 5.74) is 0.462. The van der Waals surface area contributed by atoms with Gasteiger partial charge in [-0.25, -0.2) is 0 Å². The van der Waals surface area contributed by atoms with E-state index >= 15 is 0 Å². The summed E-state index contributed by atoms with van der Waals surface area (Å²) in [4.78, 5) is 11.8. The Kier molecular flexibility index (Phi) is 7.61. The van der Waals surface area contributed by atoms with Crippen molar-refractivity contribution in [1.29, 1.82) is 0 Å². The number of nitrogens with one attached hydrogen (secondary N) is 1. The van der Waals surface area contributed by atoms with E-state index in [-0.39, 0.29) is 12.5 Å². The average molecular weight is 322 g/mol. The zero-order valence-corrected chi connectivity index (χ0v) is 13.0. The van der Waals surface area contributed by atoms with Gasteiger partial charge >= 0.3 is 0 Å². The molecule has 0 radical (unpaired) electrons. The number of thioether (sulfide) groups is 1. The summed E-state index contributed by atoms with van der Waals surface area (Å²) >= 11 is 13.6. The van der Waals surface area contributed by atoms with Crippen molar-refractivity contribution in [1.82, 2.24) is 0 Å². The standard InChI is InChI=1S/C13H17Cl2NO2S/c1-9(5-7-17)19-8-6-12(18)16-13-10(14)3-2-4-11(13)15/h2-4,9,17H,5-8H2,1H3,(H,16,18). The Morgan fingerprint density at radius 1 is 1.42 bits per heavy atom. The summed E-state index contributed by atoms with van der Waals surface area (Å²) in [7, 11) is 0. The van der Waals surface area contributed by atoms with Crippen molar-refractivity contribution in [2.75, 3.05) is 17.7 Å². The highest BCUT2D eigenvalue weighted by Gasteiger charge is 2.10. The van der Waals surface area contributed by atoms with Crippen LogP contribution in [-0.2, 0) is 4.79 Å². The smallest absolute Gasteiger partial charge is 0.225 e. The maximum absolute atomic E-state index is 11.8. The zero-order chi connectivity index (χ0) is 14.3. The molecular weight excluding hydrogens is 305 g/mol. The second kappa shape index (κ2) is 8.69. The van der Waals surface area contributed by atoms with Crippen LogP contribution in [0.3, 0.4) is 0 Å². The lowest BCUT2D eigenvalue weighted by Crippen LogP contribution is -2.13. The summed E-state index contributed by atoms with van der Waals surface area (Å²) < 4.78 is 0.